The third-order valence-electron chi connectivity index (χ3n) is 3.50. The molecule has 1 atom stereocenters. The minimum Gasteiger partial charge on any atom is -0.444 e. The van der Waals surface area contributed by atoms with E-state index in [0.717, 1.165) is 25.7 Å². The van der Waals surface area contributed by atoms with Crippen LogP contribution in [0, 0.1) is 5.92 Å². The maximum atomic E-state index is 11.6. The highest BCUT2D eigenvalue weighted by atomic mass is 16.6. The molecule has 0 spiro atoms. The minimum atomic E-state index is -0.460. The van der Waals surface area contributed by atoms with Gasteiger partial charge in [0.05, 0.1) is 6.10 Å². The Hall–Kier alpha value is -0.810. The van der Waals surface area contributed by atoms with E-state index in [4.69, 9.17) is 10.5 Å². The molecule has 5 heteroatoms. The van der Waals surface area contributed by atoms with Crippen LogP contribution < -0.4 is 11.1 Å². The van der Waals surface area contributed by atoms with Gasteiger partial charge in [-0.3, -0.25) is 0 Å². The number of amides is 1. The van der Waals surface area contributed by atoms with Crippen molar-refractivity contribution in [2.24, 2.45) is 11.7 Å². The van der Waals surface area contributed by atoms with Gasteiger partial charge in [0.2, 0.25) is 0 Å². The summed E-state index contributed by atoms with van der Waals surface area (Å²) >= 11 is 0. The Morgan fingerprint density at radius 2 is 1.95 bits per heavy atom. The molecule has 1 unspecified atom stereocenters. The monoisotopic (exact) mass is 272 g/mol. The molecular formula is C14H28N2O3. The normalized spacial score (nSPS) is 25.7. The summed E-state index contributed by atoms with van der Waals surface area (Å²) in [6, 6.07) is 0.163. The van der Waals surface area contributed by atoms with Gasteiger partial charge >= 0.3 is 6.09 Å². The minimum absolute atomic E-state index is 0.163. The van der Waals surface area contributed by atoms with E-state index < -0.39 is 5.60 Å². The van der Waals surface area contributed by atoms with Crippen LogP contribution in [0.3, 0.4) is 0 Å². The van der Waals surface area contributed by atoms with Crippen molar-refractivity contribution in [3.05, 3.63) is 0 Å². The topological polar surface area (TPSA) is 84.6 Å². The first-order chi connectivity index (χ1) is 8.81. The maximum absolute atomic E-state index is 11.6. The molecule has 1 aliphatic carbocycles. The zero-order valence-corrected chi connectivity index (χ0v) is 12.3. The standard InChI is InChI=1S/C14H28N2O3/c1-14(2,3)19-13(18)16-11-6-4-10(5-7-11)12(17)8-9-15/h10-12,17H,4-9,15H2,1-3H3,(H,16,18). The lowest BCUT2D eigenvalue weighted by atomic mass is 9.82. The molecule has 0 aromatic rings. The zero-order chi connectivity index (χ0) is 14.5. The van der Waals surface area contributed by atoms with E-state index in [1.54, 1.807) is 0 Å². The average Bonchev–Trinajstić information content (AvgIpc) is 2.27. The smallest absolute Gasteiger partial charge is 0.407 e. The van der Waals surface area contributed by atoms with Crippen molar-refractivity contribution in [2.75, 3.05) is 6.54 Å². The van der Waals surface area contributed by atoms with Crippen LogP contribution in [0.25, 0.3) is 0 Å². The molecule has 5 nitrogen and oxygen atoms in total. The summed E-state index contributed by atoms with van der Waals surface area (Å²) in [7, 11) is 0. The number of rotatable bonds is 4. The highest BCUT2D eigenvalue weighted by Crippen LogP contribution is 2.28. The van der Waals surface area contributed by atoms with E-state index in [-0.39, 0.29) is 18.2 Å². The van der Waals surface area contributed by atoms with E-state index in [1.165, 1.54) is 0 Å². The third kappa shape index (κ3) is 6.25. The zero-order valence-electron chi connectivity index (χ0n) is 12.3. The van der Waals surface area contributed by atoms with Crippen molar-refractivity contribution >= 4 is 6.09 Å². The molecule has 1 aliphatic rings. The van der Waals surface area contributed by atoms with Crippen LogP contribution in [-0.2, 0) is 4.74 Å². The Balaban J connectivity index is 2.28. The Morgan fingerprint density at radius 3 is 2.42 bits per heavy atom. The molecule has 0 saturated heterocycles. The number of carbonyl (C=O) groups is 1. The summed E-state index contributed by atoms with van der Waals surface area (Å²) in [5, 5.41) is 12.8. The fourth-order valence-corrected chi connectivity index (χ4v) is 2.53. The van der Waals surface area contributed by atoms with Crippen molar-refractivity contribution in [2.45, 2.75) is 70.6 Å². The molecule has 0 bridgehead atoms. The van der Waals surface area contributed by atoms with Crippen molar-refractivity contribution < 1.29 is 14.6 Å². The summed E-state index contributed by atoms with van der Waals surface area (Å²) in [5.41, 5.74) is 4.99. The molecule has 1 amide bonds. The van der Waals surface area contributed by atoms with E-state index in [9.17, 15) is 9.90 Å². The first kappa shape index (κ1) is 16.2. The molecular weight excluding hydrogens is 244 g/mol. The molecule has 0 radical (unpaired) electrons. The quantitative estimate of drug-likeness (QED) is 0.728. The van der Waals surface area contributed by atoms with Gasteiger partial charge in [-0.2, -0.15) is 0 Å². The summed E-state index contributed by atoms with van der Waals surface area (Å²) < 4.78 is 5.24. The van der Waals surface area contributed by atoms with Crippen molar-refractivity contribution in [1.29, 1.82) is 0 Å². The lowest BCUT2D eigenvalue weighted by molar-refractivity contribution is 0.0445. The van der Waals surface area contributed by atoms with Crippen molar-refractivity contribution in [3.8, 4) is 0 Å². The summed E-state index contributed by atoms with van der Waals surface area (Å²) in [6.07, 6.45) is 3.67. The number of nitrogens with two attached hydrogens (primary N) is 1. The molecule has 1 rings (SSSR count). The highest BCUT2D eigenvalue weighted by molar-refractivity contribution is 5.68. The van der Waals surface area contributed by atoms with Gasteiger partial charge in [0.15, 0.2) is 0 Å². The number of aliphatic hydroxyl groups excluding tert-OH is 1. The first-order valence-electron chi connectivity index (χ1n) is 7.19. The number of hydrogen-bond acceptors (Lipinski definition) is 4. The maximum Gasteiger partial charge on any atom is 0.407 e. The first-order valence-corrected chi connectivity index (χ1v) is 7.19. The molecule has 0 aromatic heterocycles. The highest BCUT2D eigenvalue weighted by Gasteiger charge is 2.27. The van der Waals surface area contributed by atoms with Crippen LogP contribution in [0.4, 0.5) is 4.79 Å². The van der Waals surface area contributed by atoms with E-state index in [0.29, 0.717) is 18.9 Å². The number of carbonyl (C=O) groups excluding carboxylic acids is 1. The van der Waals surface area contributed by atoms with Gasteiger partial charge in [0, 0.05) is 6.04 Å². The van der Waals surface area contributed by atoms with Crippen LogP contribution in [0.15, 0.2) is 0 Å². The third-order valence-corrected chi connectivity index (χ3v) is 3.50. The molecule has 0 heterocycles. The number of ether oxygens (including phenoxy) is 1. The summed E-state index contributed by atoms with van der Waals surface area (Å²) in [5.74, 6) is 0.320. The fraction of sp³-hybridized carbons (Fsp3) is 0.929. The lowest BCUT2D eigenvalue weighted by Crippen LogP contribution is -2.42. The van der Waals surface area contributed by atoms with E-state index >= 15 is 0 Å². The number of aliphatic hydroxyl groups is 1. The number of alkyl carbamates (subject to hydrolysis) is 1. The Labute approximate surface area is 115 Å². The number of hydrogen-bond donors (Lipinski definition) is 3. The Kier molecular flexibility index (Phi) is 6.07. The van der Waals surface area contributed by atoms with Gasteiger partial charge in [-0.05, 0) is 65.3 Å². The second-order valence-electron chi connectivity index (χ2n) is 6.40. The largest absolute Gasteiger partial charge is 0.444 e. The Bertz CT molecular complexity index is 281. The van der Waals surface area contributed by atoms with Crippen LogP contribution in [0.1, 0.15) is 52.9 Å². The van der Waals surface area contributed by atoms with Gasteiger partial charge in [-0.1, -0.05) is 0 Å². The van der Waals surface area contributed by atoms with Gasteiger partial charge < -0.3 is 20.9 Å². The molecule has 112 valence electrons. The van der Waals surface area contributed by atoms with Crippen LogP contribution in [-0.4, -0.2) is 35.5 Å². The predicted octanol–water partition coefficient (Wildman–Crippen LogP) is 1.78. The predicted molar refractivity (Wildman–Crippen MR) is 74.8 cm³/mol. The van der Waals surface area contributed by atoms with Crippen molar-refractivity contribution in [3.63, 3.8) is 0 Å². The van der Waals surface area contributed by atoms with Crippen LogP contribution >= 0.6 is 0 Å². The second kappa shape index (κ2) is 7.10. The van der Waals surface area contributed by atoms with Crippen LogP contribution in [0.2, 0.25) is 0 Å². The summed E-state index contributed by atoms with van der Waals surface area (Å²) in [6.45, 7) is 6.09. The van der Waals surface area contributed by atoms with Gasteiger partial charge in [0.1, 0.15) is 5.60 Å². The lowest BCUT2D eigenvalue weighted by Gasteiger charge is -2.32. The van der Waals surface area contributed by atoms with Gasteiger partial charge in [0.25, 0.3) is 0 Å². The molecule has 19 heavy (non-hydrogen) atoms. The van der Waals surface area contributed by atoms with Crippen molar-refractivity contribution in [1.82, 2.24) is 5.32 Å². The SMILES string of the molecule is CC(C)(C)OC(=O)NC1CCC(C(O)CCN)CC1. The molecule has 1 fully saturated rings. The fourth-order valence-electron chi connectivity index (χ4n) is 2.53. The van der Waals surface area contributed by atoms with E-state index in [1.807, 2.05) is 20.8 Å². The molecule has 0 aromatic carbocycles. The number of nitrogens with one attached hydrogen (secondary N) is 1. The Morgan fingerprint density at radius 1 is 1.37 bits per heavy atom. The average molecular weight is 272 g/mol. The van der Waals surface area contributed by atoms with Crippen LogP contribution in [0.5, 0.6) is 0 Å². The summed E-state index contributed by atoms with van der Waals surface area (Å²) in [4.78, 5) is 11.6. The van der Waals surface area contributed by atoms with Gasteiger partial charge in [-0.15, -0.1) is 0 Å². The molecule has 0 aliphatic heterocycles. The molecule has 4 N–H and O–H groups in total. The molecule has 1 saturated carbocycles. The van der Waals surface area contributed by atoms with E-state index in [2.05, 4.69) is 5.32 Å². The van der Waals surface area contributed by atoms with Gasteiger partial charge in [-0.25, -0.2) is 4.79 Å². The second-order valence-corrected chi connectivity index (χ2v) is 6.40.